The third kappa shape index (κ3) is 2.21. The van der Waals surface area contributed by atoms with E-state index in [4.69, 9.17) is 5.73 Å². The zero-order valence-corrected chi connectivity index (χ0v) is 11.5. The predicted molar refractivity (Wildman–Crippen MR) is 80.1 cm³/mol. The Kier molecular flexibility index (Phi) is 3.58. The molecule has 0 unspecified atom stereocenters. The number of benzene rings is 2. The van der Waals surface area contributed by atoms with Crippen molar-refractivity contribution in [2.75, 3.05) is 18.0 Å². The lowest BCUT2D eigenvalue weighted by Crippen LogP contribution is -2.49. The van der Waals surface area contributed by atoms with Crippen molar-refractivity contribution in [2.24, 2.45) is 5.73 Å². The van der Waals surface area contributed by atoms with Gasteiger partial charge in [-0.1, -0.05) is 36.4 Å². The first kappa shape index (κ1) is 12.9. The highest BCUT2D eigenvalue weighted by molar-refractivity contribution is 5.94. The van der Waals surface area contributed by atoms with E-state index in [1.807, 2.05) is 0 Å². The van der Waals surface area contributed by atoms with E-state index in [-0.39, 0.29) is 5.54 Å². The number of likely N-dealkylation sites (N-methyl/N-ethyl adjacent to an activating group) is 1. The van der Waals surface area contributed by atoms with Crippen LogP contribution in [0.3, 0.4) is 0 Å². The van der Waals surface area contributed by atoms with Crippen molar-refractivity contribution in [3.63, 3.8) is 0 Å². The second kappa shape index (κ2) is 4.99. The molecule has 0 fully saturated rings. The van der Waals surface area contributed by atoms with Gasteiger partial charge in [-0.3, -0.25) is 0 Å². The molecule has 18 heavy (non-hydrogen) atoms. The van der Waals surface area contributed by atoms with E-state index < -0.39 is 0 Å². The van der Waals surface area contributed by atoms with Crippen LogP contribution in [0.2, 0.25) is 0 Å². The van der Waals surface area contributed by atoms with Crippen LogP contribution in [0.1, 0.15) is 20.8 Å². The van der Waals surface area contributed by atoms with Crippen molar-refractivity contribution >= 4 is 16.5 Å². The Hall–Kier alpha value is -1.54. The van der Waals surface area contributed by atoms with Crippen LogP contribution in [0.15, 0.2) is 42.5 Å². The van der Waals surface area contributed by atoms with Gasteiger partial charge in [0.2, 0.25) is 0 Å². The van der Waals surface area contributed by atoms with Crippen LogP contribution in [0, 0.1) is 0 Å². The molecule has 2 aromatic carbocycles. The van der Waals surface area contributed by atoms with Crippen LogP contribution in [-0.2, 0) is 0 Å². The van der Waals surface area contributed by atoms with Crippen molar-refractivity contribution in [2.45, 2.75) is 26.3 Å². The van der Waals surface area contributed by atoms with Gasteiger partial charge in [0.15, 0.2) is 0 Å². The molecule has 0 atom stereocenters. The second-order valence-corrected chi connectivity index (χ2v) is 5.26. The van der Waals surface area contributed by atoms with Crippen molar-refractivity contribution in [3.8, 4) is 0 Å². The lowest BCUT2D eigenvalue weighted by Gasteiger charge is -2.39. The quantitative estimate of drug-likeness (QED) is 0.890. The van der Waals surface area contributed by atoms with Crippen LogP contribution in [0.5, 0.6) is 0 Å². The van der Waals surface area contributed by atoms with Crippen molar-refractivity contribution < 1.29 is 0 Å². The van der Waals surface area contributed by atoms with E-state index in [9.17, 15) is 0 Å². The third-order valence-corrected chi connectivity index (χ3v) is 3.60. The molecule has 96 valence electrons. The molecule has 0 radical (unpaired) electrons. The van der Waals surface area contributed by atoms with E-state index in [0.717, 1.165) is 6.54 Å². The van der Waals surface area contributed by atoms with Gasteiger partial charge in [0, 0.05) is 29.7 Å². The minimum atomic E-state index is -0.0289. The molecule has 2 nitrogen and oxygen atoms in total. The summed E-state index contributed by atoms with van der Waals surface area (Å²) < 4.78 is 0. The Morgan fingerprint density at radius 2 is 1.72 bits per heavy atom. The van der Waals surface area contributed by atoms with Gasteiger partial charge in [-0.2, -0.15) is 0 Å². The molecule has 0 amide bonds. The highest BCUT2D eigenvalue weighted by Crippen LogP contribution is 2.30. The lowest BCUT2D eigenvalue weighted by atomic mass is 9.99. The smallest absolute Gasteiger partial charge is 0.0468 e. The second-order valence-electron chi connectivity index (χ2n) is 5.26. The zero-order valence-electron chi connectivity index (χ0n) is 11.5. The molecule has 2 rings (SSSR count). The number of nitrogens with zero attached hydrogens (tertiary/aromatic N) is 1. The summed E-state index contributed by atoms with van der Waals surface area (Å²) in [6.45, 7) is 8.16. The molecule has 2 N–H and O–H groups in total. The van der Waals surface area contributed by atoms with E-state index >= 15 is 0 Å². The standard InChI is InChI=1S/C16H22N2/c1-4-18(16(2,3)12-17)15-11-7-9-13-8-5-6-10-14(13)15/h5-11H,4,12,17H2,1-3H3. The minimum Gasteiger partial charge on any atom is -0.365 e. The fraction of sp³-hybridized carbons (Fsp3) is 0.375. The summed E-state index contributed by atoms with van der Waals surface area (Å²) >= 11 is 0. The maximum absolute atomic E-state index is 5.92. The monoisotopic (exact) mass is 242 g/mol. The normalized spacial score (nSPS) is 11.8. The third-order valence-electron chi connectivity index (χ3n) is 3.60. The van der Waals surface area contributed by atoms with Gasteiger partial charge >= 0.3 is 0 Å². The Bertz CT molecular complexity index is 526. The zero-order chi connectivity index (χ0) is 13.2. The Labute approximate surface area is 109 Å². The van der Waals surface area contributed by atoms with Gasteiger partial charge in [-0.25, -0.2) is 0 Å². The molecule has 0 saturated carbocycles. The van der Waals surface area contributed by atoms with E-state index in [2.05, 4.69) is 68.1 Å². The number of anilines is 1. The van der Waals surface area contributed by atoms with E-state index in [0.29, 0.717) is 6.54 Å². The molecule has 0 aliphatic carbocycles. The molecule has 0 aromatic heterocycles. The summed E-state index contributed by atoms with van der Waals surface area (Å²) in [6, 6.07) is 15.0. The fourth-order valence-electron chi connectivity index (χ4n) is 2.48. The van der Waals surface area contributed by atoms with E-state index in [1.54, 1.807) is 0 Å². The Balaban J connectivity index is 2.59. The molecule has 0 saturated heterocycles. The molecule has 0 bridgehead atoms. The number of hydrogen-bond donors (Lipinski definition) is 1. The van der Waals surface area contributed by atoms with Crippen molar-refractivity contribution in [3.05, 3.63) is 42.5 Å². The molecule has 2 aromatic rings. The summed E-state index contributed by atoms with van der Waals surface area (Å²) in [5.74, 6) is 0. The summed E-state index contributed by atoms with van der Waals surface area (Å²) in [4.78, 5) is 2.38. The summed E-state index contributed by atoms with van der Waals surface area (Å²) in [5.41, 5.74) is 7.16. The molecule has 0 heterocycles. The van der Waals surface area contributed by atoms with Gasteiger partial charge in [-0.05, 0) is 32.2 Å². The van der Waals surface area contributed by atoms with Crippen LogP contribution in [0.25, 0.3) is 10.8 Å². The molecule has 0 spiro atoms. The maximum atomic E-state index is 5.92. The first-order valence-corrected chi connectivity index (χ1v) is 6.55. The van der Waals surface area contributed by atoms with Crippen molar-refractivity contribution in [1.29, 1.82) is 0 Å². The number of hydrogen-bond acceptors (Lipinski definition) is 2. The highest BCUT2D eigenvalue weighted by atomic mass is 15.2. The molecular weight excluding hydrogens is 220 g/mol. The van der Waals surface area contributed by atoms with Gasteiger partial charge in [0.1, 0.15) is 0 Å². The number of nitrogens with two attached hydrogens (primary N) is 1. The summed E-state index contributed by atoms with van der Waals surface area (Å²) in [6.07, 6.45) is 0. The van der Waals surface area contributed by atoms with E-state index in [1.165, 1.54) is 16.5 Å². The molecular formula is C16H22N2. The average molecular weight is 242 g/mol. The molecule has 0 aliphatic heterocycles. The number of rotatable bonds is 4. The first-order valence-electron chi connectivity index (χ1n) is 6.55. The van der Waals surface area contributed by atoms with Crippen LogP contribution < -0.4 is 10.6 Å². The van der Waals surface area contributed by atoms with Gasteiger partial charge in [0.05, 0.1) is 0 Å². The molecule has 2 heteroatoms. The maximum Gasteiger partial charge on any atom is 0.0468 e. The van der Waals surface area contributed by atoms with Crippen LogP contribution in [0.4, 0.5) is 5.69 Å². The Morgan fingerprint density at radius 1 is 1.06 bits per heavy atom. The largest absolute Gasteiger partial charge is 0.365 e. The predicted octanol–water partition coefficient (Wildman–Crippen LogP) is 3.40. The van der Waals surface area contributed by atoms with Crippen molar-refractivity contribution in [1.82, 2.24) is 0 Å². The highest BCUT2D eigenvalue weighted by Gasteiger charge is 2.25. The number of fused-ring (bicyclic) bond motifs is 1. The SMILES string of the molecule is CCN(c1cccc2ccccc12)C(C)(C)CN. The van der Waals surface area contributed by atoms with Crippen LogP contribution in [-0.4, -0.2) is 18.6 Å². The summed E-state index contributed by atoms with van der Waals surface area (Å²) in [7, 11) is 0. The van der Waals surface area contributed by atoms with Crippen LogP contribution >= 0.6 is 0 Å². The minimum absolute atomic E-state index is 0.0289. The molecule has 0 aliphatic rings. The van der Waals surface area contributed by atoms with Gasteiger partial charge < -0.3 is 10.6 Å². The fourth-order valence-corrected chi connectivity index (χ4v) is 2.48. The topological polar surface area (TPSA) is 29.3 Å². The van der Waals surface area contributed by atoms with Gasteiger partial charge in [0.25, 0.3) is 0 Å². The lowest BCUT2D eigenvalue weighted by molar-refractivity contribution is 0.478. The first-order chi connectivity index (χ1) is 8.60. The Morgan fingerprint density at radius 3 is 2.39 bits per heavy atom. The van der Waals surface area contributed by atoms with Gasteiger partial charge in [-0.15, -0.1) is 0 Å². The average Bonchev–Trinajstić information content (AvgIpc) is 2.39. The summed E-state index contributed by atoms with van der Waals surface area (Å²) in [5, 5.41) is 2.57.